The Morgan fingerprint density at radius 3 is 2.59 bits per heavy atom. The first-order valence-corrected chi connectivity index (χ1v) is 12.3. The molecule has 0 bridgehead atoms. The third kappa shape index (κ3) is 8.39. The Bertz CT molecular complexity index is 906. The number of allylic oxidation sites excluding steroid dienone is 5. The zero-order valence-electron chi connectivity index (χ0n) is 21.3. The van der Waals surface area contributed by atoms with E-state index in [2.05, 4.69) is 29.5 Å². The quantitative estimate of drug-likeness (QED) is 0.272. The van der Waals surface area contributed by atoms with Crippen molar-refractivity contribution in [2.24, 2.45) is 15.9 Å². The van der Waals surface area contributed by atoms with Gasteiger partial charge in [-0.15, -0.1) is 0 Å². The van der Waals surface area contributed by atoms with Crippen molar-refractivity contribution in [3.05, 3.63) is 35.1 Å². The molecule has 2 aliphatic rings. The van der Waals surface area contributed by atoms with Crippen LogP contribution in [-0.2, 0) is 4.79 Å². The molecule has 2 aliphatic carbocycles. The summed E-state index contributed by atoms with van der Waals surface area (Å²) >= 11 is 0. The molecule has 3 N–H and O–H groups in total. The fraction of sp³-hybridized carbons (Fsp3) is 0.577. The minimum absolute atomic E-state index is 0.0630. The molecule has 0 aromatic heterocycles. The summed E-state index contributed by atoms with van der Waals surface area (Å²) in [6, 6.07) is -0.242. The van der Waals surface area contributed by atoms with E-state index in [1.165, 1.54) is 19.3 Å². The van der Waals surface area contributed by atoms with Crippen molar-refractivity contribution in [3.63, 3.8) is 0 Å². The summed E-state index contributed by atoms with van der Waals surface area (Å²) < 4.78 is 0. The molecule has 1 unspecified atom stereocenters. The number of rotatable bonds is 8. The molecule has 3 amide bonds. The van der Waals surface area contributed by atoms with Gasteiger partial charge in [-0.3, -0.25) is 15.1 Å². The van der Waals surface area contributed by atoms with Crippen LogP contribution in [0.25, 0.3) is 0 Å². The van der Waals surface area contributed by atoms with E-state index < -0.39 is 6.03 Å². The molecule has 0 aromatic carbocycles. The Kier molecular flexibility index (Phi) is 10.9. The summed E-state index contributed by atoms with van der Waals surface area (Å²) in [6.07, 6.45) is 13.2. The van der Waals surface area contributed by atoms with Crippen LogP contribution in [-0.4, -0.2) is 53.9 Å². The predicted molar refractivity (Wildman–Crippen MR) is 140 cm³/mol. The summed E-state index contributed by atoms with van der Waals surface area (Å²) in [5, 5.41) is 13.5. The third-order valence-electron chi connectivity index (χ3n) is 6.19. The highest BCUT2D eigenvalue weighted by Gasteiger charge is 2.22. The monoisotopic (exact) mass is 468 g/mol. The van der Waals surface area contributed by atoms with Crippen molar-refractivity contribution in [1.29, 1.82) is 5.41 Å². The topological polar surface area (TPSA) is 110 Å². The van der Waals surface area contributed by atoms with Gasteiger partial charge in [0.2, 0.25) is 12.4 Å². The number of aliphatic imine (C=N–C) groups is 2. The Morgan fingerprint density at radius 1 is 1.29 bits per heavy atom. The van der Waals surface area contributed by atoms with Crippen LogP contribution in [0.5, 0.6) is 0 Å². The third-order valence-corrected chi connectivity index (χ3v) is 6.19. The van der Waals surface area contributed by atoms with Crippen LogP contribution in [0.3, 0.4) is 0 Å². The number of hydrogen-bond donors (Lipinski definition) is 3. The second kappa shape index (κ2) is 13.6. The lowest BCUT2D eigenvalue weighted by molar-refractivity contribution is -0.108. The Labute approximate surface area is 203 Å². The molecule has 0 heterocycles. The van der Waals surface area contributed by atoms with E-state index in [1.54, 1.807) is 11.8 Å². The molecule has 0 aromatic rings. The van der Waals surface area contributed by atoms with Gasteiger partial charge in [0.1, 0.15) is 0 Å². The van der Waals surface area contributed by atoms with Gasteiger partial charge < -0.3 is 15.6 Å². The SMILES string of the molecule is C/C=C1/C=C(N/C(=N/C(=O)N(CC(C)=N)CC2CCCCC2)NC=O)C(C)=C/C1=N/C(C)CC. The highest BCUT2D eigenvalue weighted by molar-refractivity contribution is 6.13. The second-order valence-electron chi connectivity index (χ2n) is 9.20. The molecule has 186 valence electrons. The predicted octanol–water partition coefficient (Wildman–Crippen LogP) is 4.75. The minimum Gasteiger partial charge on any atom is -0.325 e. The zero-order valence-corrected chi connectivity index (χ0v) is 21.3. The van der Waals surface area contributed by atoms with Gasteiger partial charge in [-0.25, -0.2) is 4.79 Å². The van der Waals surface area contributed by atoms with Gasteiger partial charge in [-0.2, -0.15) is 4.99 Å². The molecule has 0 aliphatic heterocycles. The van der Waals surface area contributed by atoms with Crippen molar-refractivity contribution in [1.82, 2.24) is 15.5 Å². The molecular weight excluding hydrogens is 428 g/mol. The molecule has 1 saturated carbocycles. The van der Waals surface area contributed by atoms with Crippen LogP contribution in [0.4, 0.5) is 4.79 Å². The summed E-state index contributed by atoms with van der Waals surface area (Å²) in [5.74, 6) is 0.488. The van der Waals surface area contributed by atoms with Gasteiger partial charge in [0.25, 0.3) is 0 Å². The highest BCUT2D eigenvalue weighted by Crippen LogP contribution is 2.25. The van der Waals surface area contributed by atoms with E-state index >= 15 is 0 Å². The van der Waals surface area contributed by atoms with Crippen LogP contribution in [0.2, 0.25) is 0 Å². The van der Waals surface area contributed by atoms with Gasteiger partial charge in [0, 0.05) is 24.0 Å². The largest absolute Gasteiger partial charge is 0.347 e. The number of amides is 3. The highest BCUT2D eigenvalue weighted by atomic mass is 16.2. The molecule has 1 atom stereocenters. The van der Waals surface area contributed by atoms with Crippen LogP contribution in [0, 0.1) is 11.3 Å². The smallest absolute Gasteiger partial charge is 0.325 e. The number of nitrogens with zero attached hydrogens (tertiary/aromatic N) is 3. The standard InChI is InChI=1S/C26H40N6O2/c1-6-20(5)29-24-13-18(3)23(14-22(24)7-2)30-25(28-17-33)31-26(34)32(15-19(4)27)16-21-11-9-8-10-12-21/h7,13-14,17,20-21,27H,6,8-12,15-16H2,1-5H3,(H2,28,30,31,33,34)/b22-7-,27-19?,29-24-. The van der Waals surface area contributed by atoms with Crippen molar-refractivity contribution < 1.29 is 9.59 Å². The average molecular weight is 469 g/mol. The number of carbonyl (C=O) groups is 2. The first kappa shape index (κ1) is 27.2. The number of hydrogen-bond acceptors (Lipinski definition) is 4. The fourth-order valence-electron chi connectivity index (χ4n) is 4.14. The molecule has 0 saturated heterocycles. The maximum Gasteiger partial charge on any atom is 0.347 e. The van der Waals surface area contributed by atoms with Crippen LogP contribution in [0.15, 0.2) is 45.1 Å². The number of carbonyl (C=O) groups excluding carboxylic acids is 2. The maximum atomic E-state index is 13.1. The molecule has 1 fully saturated rings. The van der Waals surface area contributed by atoms with E-state index in [9.17, 15) is 9.59 Å². The molecule has 0 radical (unpaired) electrons. The summed E-state index contributed by atoms with van der Waals surface area (Å²) in [5.41, 5.74) is 3.94. The second-order valence-corrected chi connectivity index (χ2v) is 9.20. The molecule has 0 spiro atoms. The summed E-state index contributed by atoms with van der Waals surface area (Å²) in [7, 11) is 0. The number of nitrogens with one attached hydrogen (secondary N) is 3. The van der Waals surface area contributed by atoms with Crippen molar-refractivity contribution in [2.75, 3.05) is 13.1 Å². The molecule has 2 rings (SSSR count). The maximum absolute atomic E-state index is 13.1. The van der Waals surface area contributed by atoms with Crippen molar-refractivity contribution in [3.8, 4) is 0 Å². The normalized spacial score (nSPS) is 20.4. The lowest BCUT2D eigenvalue weighted by atomic mass is 9.89. The Balaban J connectivity index is 2.24. The Morgan fingerprint density at radius 2 is 2.00 bits per heavy atom. The fourth-order valence-corrected chi connectivity index (χ4v) is 4.14. The van der Waals surface area contributed by atoms with Crippen molar-refractivity contribution in [2.45, 2.75) is 79.2 Å². The van der Waals surface area contributed by atoms with Gasteiger partial charge in [0.15, 0.2) is 0 Å². The van der Waals surface area contributed by atoms with E-state index in [4.69, 9.17) is 10.4 Å². The minimum atomic E-state index is -0.461. The number of urea groups is 1. The van der Waals surface area contributed by atoms with Crippen LogP contribution in [0.1, 0.15) is 73.1 Å². The van der Waals surface area contributed by atoms with Gasteiger partial charge in [-0.05, 0) is 76.2 Å². The molecule has 34 heavy (non-hydrogen) atoms. The van der Waals surface area contributed by atoms with E-state index in [0.29, 0.717) is 24.6 Å². The summed E-state index contributed by atoms with van der Waals surface area (Å²) in [4.78, 5) is 34.9. The molecule has 8 nitrogen and oxygen atoms in total. The first-order valence-electron chi connectivity index (χ1n) is 12.3. The van der Waals surface area contributed by atoms with Gasteiger partial charge in [0.05, 0.1) is 12.3 Å². The van der Waals surface area contributed by atoms with E-state index in [1.807, 2.05) is 32.1 Å². The lowest BCUT2D eigenvalue weighted by Gasteiger charge is -2.28. The van der Waals surface area contributed by atoms with Crippen LogP contribution < -0.4 is 10.6 Å². The average Bonchev–Trinajstić information content (AvgIpc) is 2.80. The zero-order chi connectivity index (χ0) is 25.1. The van der Waals surface area contributed by atoms with Gasteiger partial charge in [-0.1, -0.05) is 32.3 Å². The van der Waals surface area contributed by atoms with E-state index in [0.717, 1.165) is 41.8 Å². The lowest BCUT2D eigenvalue weighted by Crippen LogP contribution is -2.42. The van der Waals surface area contributed by atoms with Crippen molar-refractivity contribution >= 4 is 29.8 Å². The van der Waals surface area contributed by atoms with E-state index in [-0.39, 0.29) is 18.5 Å². The van der Waals surface area contributed by atoms with Crippen LogP contribution >= 0.6 is 0 Å². The Hall–Kier alpha value is -3.03. The number of guanidine groups is 1. The molecular formula is C26H40N6O2. The first-order chi connectivity index (χ1) is 16.3. The summed E-state index contributed by atoms with van der Waals surface area (Å²) in [6.45, 7) is 10.6. The van der Waals surface area contributed by atoms with Gasteiger partial charge >= 0.3 is 6.03 Å². The molecule has 8 heteroatoms.